The lowest BCUT2D eigenvalue weighted by Crippen LogP contribution is -2.25. The lowest BCUT2D eigenvalue weighted by molar-refractivity contribution is -0.116. The van der Waals surface area contributed by atoms with Crippen molar-refractivity contribution in [3.63, 3.8) is 0 Å². The normalized spacial score (nSPS) is 12.1. The first-order chi connectivity index (χ1) is 13.2. The van der Waals surface area contributed by atoms with E-state index in [0.29, 0.717) is 19.5 Å². The summed E-state index contributed by atoms with van der Waals surface area (Å²) >= 11 is 0. The first-order valence-corrected chi connectivity index (χ1v) is 9.14. The Morgan fingerprint density at radius 3 is 2.70 bits per heavy atom. The van der Waals surface area contributed by atoms with Gasteiger partial charge in [0, 0.05) is 41.8 Å². The van der Waals surface area contributed by atoms with Gasteiger partial charge in [0.15, 0.2) is 0 Å². The maximum absolute atomic E-state index is 12.2. The molecule has 0 aliphatic rings. The minimum atomic E-state index is -0.105. The predicted molar refractivity (Wildman–Crippen MR) is 109 cm³/mol. The molecule has 4 heteroatoms. The van der Waals surface area contributed by atoms with Crippen LogP contribution in [0.1, 0.15) is 30.4 Å². The molecular weight excluding hydrogens is 334 g/mol. The Bertz CT molecular complexity index is 980. The summed E-state index contributed by atoms with van der Waals surface area (Å²) in [7, 11) is 0. The maximum atomic E-state index is 12.2. The molecule has 136 valence electrons. The van der Waals surface area contributed by atoms with Crippen LogP contribution in [0.2, 0.25) is 0 Å². The Labute approximate surface area is 159 Å². The molecule has 1 atom stereocenters. The third-order valence-electron chi connectivity index (χ3n) is 4.65. The summed E-state index contributed by atoms with van der Waals surface area (Å²) in [5.41, 5.74) is 3.27. The quantitative estimate of drug-likeness (QED) is 0.634. The number of rotatable bonds is 7. The number of amides is 1. The fourth-order valence-electron chi connectivity index (χ4n) is 3.14. The van der Waals surface area contributed by atoms with Crippen molar-refractivity contribution in [1.29, 1.82) is 5.26 Å². The summed E-state index contributed by atoms with van der Waals surface area (Å²) in [5.74, 6) is 0.156. The van der Waals surface area contributed by atoms with Crippen molar-refractivity contribution in [3.05, 3.63) is 78.0 Å². The largest absolute Gasteiger partial charge is 0.352 e. The Hall–Kier alpha value is -3.32. The van der Waals surface area contributed by atoms with Crippen LogP contribution in [0, 0.1) is 11.3 Å². The Kier molecular flexibility index (Phi) is 6.06. The van der Waals surface area contributed by atoms with Crippen molar-refractivity contribution < 1.29 is 4.79 Å². The molecule has 0 radical (unpaired) electrons. The number of nitrogens with zero attached hydrogens (tertiary/aromatic N) is 2. The number of aromatic nitrogens is 1. The number of fused-ring (bicyclic) bond motifs is 1. The third-order valence-corrected chi connectivity index (χ3v) is 4.65. The van der Waals surface area contributed by atoms with Crippen LogP contribution in [0.4, 0.5) is 0 Å². The molecule has 0 bridgehead atoms. The summed E-state index contributed by atoms with van der Waals surface area (Å²) in [4.78, 5) is 12.2. The molecule has 0 fully saturated rings. The smallest absolute Gasteiger partial charge is 0.244 e. The van der Waals surface area contributed by atoms with Gasteiger partial charge in [0.25, 0.3) is 0 Å². The van der Waals surface area contributed by atoms with Gasteiger partial charge in [-0.05, 0) is 23.6 Å². The van der Waals surface area contributed by atoms with Crippen LogP contribution >= 0.6 is 0 Å². The molecule has 0 aliphatic carbocycles. The van der Waals surface area contributed by atoms with Crippen molar-refractivity contribution in [2.45, 2.75) is 25.8 Å². The minimum Gasteiger partial charge on any atom is -0.352 e. The molecule has 27 heavy (non-hydrogen) atoms. The van der Waals surface area contributed by atoms with E-state index in [1.165, 1.54) is 5.56 Å². The van der Waals surface area contributed by atoms with E-state index >= 15 is 0 Å². The van der Waals surface area contributed by atoms with Crippen molar-refractivity contribution in [2.24, 2.45) is 0 Å². The van der Waals surface area contributed by atoms with Crippen molar-refractivity contribution in [1.82, 2.24) is 9.88 Å². The first kappa shape index (κ1) is 18.5. The van der Waals surface area contributed by atoms with Crippen LogP contribution in [0.25, 0.3) is 17.0 Å². The summed E-state index contributed by atoms with van der Waals surface area (Å²) in [6, 6.07) is 20.4. The van der Waals surface area contributed by atoms with Crippen LogP contribution in [-0.4, -0.2) is 17.0 Å². The number of nitriles is 1. The molecular formula is C23H23N3O. The molecule has 3 rings (SSSR count). The van der Waals surface area contributed by atoms with Crippen molar-refractivity contribution in [2.75, 3.05) is 6.54 Å². The van der Waals surface area contributed by atoms with Crippen molar-refractivity contribution in [3.8, 4) is 6.07 Å². The molecule has 0 aliphatic heterocycles. The van der Waals surface area contributed by atoms with Gasteiger partial charge >= 0.3 is 0 Å². The number of hydrogen-bond acceptors (Lipinski definition) is 2. The average Bonchev–Trinajstić information content (AvgIpc) is 3.07. The van der Waals surface area contributed by atoms with Crippen molar-refractivity contribution >= 4 is 22.9 Å². The molecule has 4 nitrogen and oxygen atoms in total. The Morgan fingerprint density at radius 1 is 1.19 bits per heavy atom. The summed E-state index contributed by atoms with van der Waals surface area (Å²) < 4.78 is 2.06. The number of carbonyl (C=O) groups excluding carboxylic acids is 1. The average molecular weight is 357 g/mol. The molecule has 1 aromatic heterocycles. The van der Waals surface area contributed by atoms with Crippen LogP contribution < -0.4 is 5.32 Å². The van der Waals surface area contributed by atoms with E-state index < -0.39 is 0 Å². The molecule has 0 saturated carbocycles. The fraction of sp³-hybridized carbons (Fsp3) is 0.217. The lowest BCUT2D eigenvalue weighted by Gasteiger charge is -2.11. The monoisotopic (exact) mass is 357 g/mol. The molecule has 1 unspecified atom stereocenters. The number of carbonyl (C=O) groups is 1. The van der Waals surface area contributed by atoms with Gasteiger partial charge in [0.05, 0.1) is 12.5 Å². The number of hydrogen-bond donors (Lipinski definition) is 1. The highest BCUT2D eigenvalue weighted by Gasteiger charge is 2.08. The van der Waals surface area contributed by atoms with Crippen LogP contribution in [-0.2, 0) is 11.3 Å². The molecule has 3 aromatic rings. The van der Waals surface area contributed by atoms with Crippen LogP contribution in [0.3, 0.4) is 0 Å². The Balaban J connectivity index is 1.67. The molecule has 1 N–H and O–H groups in total. The second kappa shape index (κ2) is 8.86. The van der Waals surface area contributed by atoms with E-state index in [1.807, 2.05) is 54.7 Å². The molecule has 1 heterocycles. The first-order valence-electron chi connectivity index (χ1n) is 9.14. The van der Waals surface area contributed by atoms with E-state index in [0.717, 1.165) is 16.5 Å². The van der Waals surface area contributed by atoms with Gasteiger partial charge < -0.3 is 9.88 Å². The second-order valence-corrected chi connectivity index (χ2v) is 6.59. The van der Waals surface area contributed by atoms with Gasteiger partial charge in [-0.2, -0.15) is 5.26 Å². The SMILES string of the molecule is CC(CNC(=O)/C=C/c1cn(CCC#N)c2ccccc12)c1ccccc1. The van der Waals surface area contributed by atoms with Gasteiger partial charge in [-0.15, -0.1) is 0 Å². The van der Waals surface area contributed by atoms with Gasteiger partial charge in [0.1, 0.15) is 0 Å². The van der Waals surface area contributed by atoms with Gasteiger partial charge in [-0.25, -0.2) is 0 Å². The second-order valence-electron chi connectivity index (χ2n) is 6.59. The Morgan fingerprint density at radius 2 is 1.93 bits per heavy atom. The van der Waals surface area contributed by atoms with Crippen LogP contribution in [0.5, 0.6) is 0 Å². The summed E-state index contributed by atoms with van der Waals surface area (Å²) in [6.45, 7) is 3.34. The minimum absolute atomic E-state index is 0.105. The highest BCUT2D eigenvalue weighted by Crippen LogP contribution is 2.22. The molecule has 2 aromatic carbocycles. The number of aryl methyl sites for hydroxylation is 1. The highest BCUT2D eigenvalue weighted by atomic mass is 16.1. The van der Waals surface area contributed by atoms with Crippen LogP contribution in [0.15, 0.2) is 66.9 Å². The van der Waals surface area contributed by atoms with E-state index in [9.17, 15) is 4.79 Å². The van der Waals surface area contributed by atoms with E-state index in [-0.39, 0.29) is 11.8 Å². The number of benzene rings is 2. The molecule has 1 amide bonds. The zero-order valence-corrected chi connectivity index (χ0v) is 15.4. The molecule has 0 spiro atoms. The van der Waals surface area contributed by atoms with Gasteiger partial charge in [-0.1, -0.05) is 55.5 Å². The van der Waals surface area contributed by atoms with E-state index in [1.54, 1.807) is 6.08 Å². The van der Waals surface area contributed by atoms with Gasteiger partial charge in [0.2, 0.25) is 5.91 Å². The fourth-order valence-corrected chi connectivity index (χ4v) is 3.14. The number of nitrogens with one attached hydrogen (secondary N) is 1. The predicted octanol–water partition coefficient (Wildman–Crippen LogP) is 4.49. The molecule has 0 saturated heterocycles. The van der Waals surface area contributed by atoms with Gasteiger partial charge in [-0.3, -0.25) is 4.79 Å². The summed E-state index contributed by atoms with van der Waals surface area (Å²) in [5, 5.41) is 12.9. The zero-order chi connectivity index (χ0) is 19.1. The maximum Gasteiger partial charge on any atom is 0.244 e. The number of para-hydroxylation sites is 1. The topological polar surface area (TPSA) is 57.8 Å². The third kappa shape index (κ3) is 4.65. The zero-order valence-electron chi connectivity index (χ0n) is 15.4. The summed E-state index contributed by atoms with van der Waals surface area (Å²) in [6.07, 6.45) is 5.87. The van der Waals surface area contributed by atoms with E-state index in [2.05, 4.69) is 35.0 Å². The van der Waals surface area contributed by atoms with E-state index in [4.69, 9.17) is 5.26 Å². The standard InChI is InChI=1S/C23H23N3O/c1-18(19-8-3-2-4-9-19)16-25-23(27)13-12-20-17-26(15-7-14-24)22-11-6-5-10-21(20)22/h2-6,8-13,17-18H,7,15-16H2,1H3,(H,25,27)/b13-12+. The highest BCUT2D eigenvalue weighted by molar-refractivity contribution is 5.96. The lowest BCUT2D eigenvalue weighted by atomic mass is 10.0.